The van der Waals surface area contributed by atoms with Crippen LogP contribution in [0.25, 0.3) is 22.0 Å². The van der Waals surface area contributed by atoms with Crippen LogP contribution in [-0.2, 0) is 10.0 Å². The number of phenolic OH excluding ortho intramolecular Hbond substituents is 1. The van der Waals surface area contributed by atoms with Crippen molar-refractivity contribution in [2.45, 2.75) is 30.7 Å². The number of rotatable bonds is 4. The molecule has 1 atom stereocenters. The third-order valence-electron chi connectivity index (χ3n) is 6.22. The first-order chi connectivity index (χ1) is 15.9. The SMILES string of the molecule is Cc1ccc(S(=O)(=O)N2CCC[C@H]2C(=O)n2cc(-c3cccc(O)c3)c3ccccc32)cc1. The second-order valence-corrected chi connectivity index (χ2v) is 10.3. The van der Waals surface area contributed by atoms with Crippen molar-refractivity contribution in [1.82, 2.24) is 8.87 Å². The summed E-state index contributed by atoms with van der Waals surface area (Å²) in [4.78, 5) is 13.9. The summed E-state index contributed by atoms with van der Waals surface area (Å²) in [7, 11) is -3.80. The number of aromatic hydroxyl groups is 1. The van der Waals surface area contributed by atoms with E-state index in [1.165, 1.54) is 4.31 Å². The van der Waals surface area contributed by atoms with Crippen molar-refractivity contribution in [1.29, 1.82) is 0 Å². The van der Waals surface area contributed by atoms with E-state index in [0.717, 1.165) is 22.1 Å². The minimum Gasteiger partial charge on any atom is -0.508 e. The van der Waals surface area contributed by atoms with Gasteiger partial charge in [-0.25, -0.2) is 8.42 Å². The fourth-order valence-electron chi connectivity index (χ4n) is 4.55. The molecule has 168 valence electrons. The lowest BCUT2D eigenvalue weighted by molar-refractivity contribution is 0.0838. The maximum atomic E-state index is 13.7. The van der Waals surface area contributed by atoms with E-state index < -0.39 is 16.1 Å². The van der Waals surface area contributed by atoms with E-state index in [4.69, 9.17) is 0 Å². The van der Waals surface area contributed by atoms with Crippen molar-refractivity contribution < 1.29 is 18.3 Å². The standard InChI is InChI=1S/C26H24N2O4S/c1-18-11-13-21(14-12-18)33(31,32)28-15-5-10-25(28)26(30)27-17-23(19-6-4-7-20(29)16-19)22-8-2-3-9-24(22)27/h2-4,6-9,11-14,16-17,25,29H,5,10,15H2,1H3/t25-/m0/s1. The first-order valence-electron chi connectivity index (χ1n) is 10.9. The number of nitrogens with zero attached hydrogens (tertiary/aromatic N) is 2. The molecule has 2 heterocycles. The van der Waals surface area contributed by atoms with Gasteiger partial charge in [-0.05, 0) is 55.7 Å². The molecule has 0 aliphatic carbocycles. The second-order valence-electron chi connectivity index (χ2n) is 8.41. The predicted molar refractivity (Wildman–Crippen MR) is 128 cm³/mol. The maximum absolute atomic E-state index is 13.7. The topological polar surface area (TPSA) is 79.6 Å². The fraction of sp³-hybridized carbons (Fsp3) is 0.192. The average Bonchev–Trinajstić information content (AvgIpc) is 3.45. The van der Waals surface area contributed by atoms with Crippen LogP contribution in [0.15, 0.2) is 83.9 Å². The number of benzene rings is 3. The van der Waals surface area contributed by atoms with E-state index in [9.17, 15) is 18.3 Å². The molecule has 4 aromatic rings. The third-order valence-corrected chi connectivity index (χ3v) is 8.15. The molecule has 5 rings (SSSR count). The normalized spacial score (nSPS) is 16.9. The Morgan fingerprint density at radius 2 is 1.76 bits per heavy atom. The van der Waals surface area contributed by atoms with Crippen LogP contribution in [0.4, 0.5) is 0 Å². The van der Waals surface area contributed by atoms with E-state index in [0.29, 0.717) is 24.9 Å². The Morgan fingerprint density at radius 1 is 1.00 bits per heavy atom. The summed E-state index contributed by atoms with van der Waals surface area (Å²) in [5.41, 5.74) is 3.27. The smallest absolute Gasteiger partial charge is 0.249 e. The maximum Gasteiger partial charge on any atom is 0.249 e. The number of carbonyl (C=O) groups excluding carboxylic acids is 1. The lowest BCUT2D eigenvalue weighted by atomic mass is 10.0. The fourth-order valence-corrected chi connectivity index (χ4v) is 6.20. The van der Waals surface area contributed by atoms with Gasteiger partial charge in [0.15, 0.2) is 0 Å². The van der Waals surface area contributed by atoms with E-state index in [-0.39, 0.29) is 16.6 Å². The third kappa shape index (κ3) is 3.73. The number of para-hydroxylation sites is 1. The molecule has 6 nitrogen and oxygen atoms in total. The van der Waals surface area contributed by atoms with E-state index >= 15 is 0 Å². The Balaban J connectivity index is 1.57. The number of hydrogen-bond donors (Lipinski definition) is 1. The van der Waals surface area contributed by atoms with Gasteiger partial charge in [0.2, 0.25) is 15.9 Å². The number of aromatic nitrogens is 1. The lowest BCUT2D eigenvalue weighted by Crippen LogP contribution is -2.42. The summed E-state index contributed by atoms with van der Waals surface area (Å²) in [5.74, 6) is -0.132. The van der Waals surface area contributed by atoms with Crippen LogP contribution in [-0.4, -0.2) is 40.9 Å². The minimum absolute atomic E-state index is 0.141. The summed E-state index contributed by atoms with van der Waals surface area (Å²) in [6.45, 7) is 2.21. The Labute approximate surface area is 192 Å². The minimum atomic E-state index is -3.80. The number of sulfonamides is 1. The van der Waals surface area contributed by atoms with Crippen molar-refractivity contribution in [3.63, 3.8) is 0 Å². The van der Waals surface area contributed by atoms with Crippen molar-refractivity contribution in [3.05, 3.63) is 84.6 Å². The zero-order chi connectivity index (χ0) is 23.2. The molecule has 0 spiro atoms. The van der Waals surface area contributed by atoms with E-state index in [1.54, 1.807) is 53.2 Å². The molecule has 1 aliphatic heterocycles. The number of aryl methyl sites for hydroxylation is 1. The molecule has 1 aromatic heterocycles. The molecular formula is C26H24N2O4S. The van der Waals surface area contributed by atoms with Gasteiger partial charge >= 0.3 is 0 Å². The number of phenols is 1. The highest BCUT2D eigenvalue weighted by Crippen LogP contribution is 2.34. The van der Waals surface area contributed by atoms with Gasteiger partial charge in [-0.2, -0.15) is 4.31 Å². The molecule has 1 aliphatic rings. The van der Waals surface area contributed by atoms with Gasteiger partial charge in [0, 0.05) is 23.7 Å². The zero-order valence-electron chi connectivity index (χ0n) is 18.2. The molecule has 0 saturated carbocycles. The number of carbonyl (C=O) groups is 1. The largest absolute Gasteiger partial charge is 0.508 e. The van der Waals surface area contributed by atoms with Crippen molar-refractivity contribution in [2.75, 3.05) is 6.54 Å². The van der Waals surface area contributed by atoms with Crippen LogP contribution in [0.2, 0.25) is 0 Å². The first-order valence-corrected chi connectivity index (χ1v) is 12.3. The summed E-state index contributed by atoms with van der Waals surface area (Å²) in [6, 6.07) is 20.4. The molecule has 7 heteroatoms. The Kier molecular flexibility index (Phi) is 5.31. The van der Waals surface area contributed by atoms with Gasteiger partial charge in [-0.1, -0.05) is 48.0 Å². The lowest BCUT2D eigenvalue weighted by Gasteiger charge is -2.23. The molecule has 0 radical (unpaired) electrons. The van der Waals surface area contributed by atoms with Gasteiger partial charge < -0.3 is 5.11 Å². The predicted octanol–water partition coefficient (Wildman–Crippen LogP) is 4.82. The quantitative estimate of drug-likeness (QED) is 0.474. The van der Waals surface area contributed by atoms with Crippen molar-refractivity contribution in [2.24, 2.45) is 0 Å². The zero-order valence-corrected chi connectivity index (χ0v) is 19.0. The molecule has 1 N–H and O–H groups in total. The molecule has 3 aromatic carbocycles. The highest BCUT2D eigenvalue weighted by molar-refractivity contribution is 7.89. The van der Waals surface area contributed by atoms with Crippen LogP contribution in [0.3, 0.4) is 0 Å². The molecule has 0 bridgehead atoms. The Bertz CT molecular complexity index is 1460. The van der Waals surface area contributed by atoms with E-state index in [2.05, 4.69) is 0 Å². The van der Waals surface area contributed by atoms with Gasteiger partial charge in [0.05, 0.1) is 10.4 Å². The Hall–Kier alpha value is -3.42. The summed E-state index contributed by atoms with van der Waals surface area (Å²) < 4.78 is 29.6. The average molecular weight is 461 g/mol. The first kappa shape index (κ1) is 21.4. The van der Waals surface area contributed by atoms with Crippen LogP contribution < -0.4 is 0 Å². The summed E-state index contributed by atoms with van der Waals surface area (Å²) in [5, 5.41) is 10.8. The molecule has 0 amide bonds. The highest BCUT2D eigenvalue weighted by Gasteiger charge is 2.40. The van der Waals surface area contributed by atoms with Crippen LogP contribution in [0.1, 0.15) is 23.2 Å². The van der Waals surface area contributed by atoms with Gasteiger partial charge in [-0.3, -0.25) is 9.36 Å². The Morgan fingerprint density at radius 3 is 2.52 bits per heavy atom. The van der Waals surface area contributed by atoms with Crippen LogP contribution in [0, 0.1) is 6.92 Å². The van der Waals surface area contributed by atoms with Gasteiger partial charge in [0.25, 0.3) is 0 Å². The van der Waals surface area contributed by atoms with E-state index in [1.807, 2.05) is 37.3 Å². The molecule has 1 fully saturated rings. The highest BCUT2D eigenvalue weighted by atomic mass is 32.2. The second kappa shape index (κ2) is 8.17. The summed E-state index contributed by atoms with van der Waals surface area (Å²) in [6.07, 6.45) is 2.84. The molecule has 33 heavy (non-hydrogen) atoms. The van der Waals surface area contributed by atoms with Crippen LogP contribution >= 0.6 is 0 Å². The molecular weight excluding hydrogens is 436 g/mol. The van der Waals surface area contributed by atoms with Gasteiger partial charge in [0.1, 0.15) is 11.8 Å². The van der Waals surface area contributed by atoms with Crippen molar-refractivity contribution >= 4 is 26.8 Å². The monoisotopic (exact) mass is 460 g/mol. The molecule has 1 saturated heterocycles. The summed E-state index contributed by atoms with van der Waals surface area (Å²) >= 11 is 0. The van der Waals surface area contributed by atoms with Crippen molar-refractivity contribution in [3.8, 4) is 16.9 Å². The molecule has 0 unspecified atom stereocenters. The number of hydrogen-bond acceptors (Lipinski definition) is 4. The van der Waals surface area contributed by atoms with Gasteiger partial charge in [-0.15, -0.1) is 0 Å². The van der Waals surface area contributed by atoms with Crippen LogP contribution in [0.5, 0.6) is 5.75 Å². The number of fused-ring (bicyclic) bond motifs is 1.